The first kappa shape index (κ1) is 17.3. The molecule has 3 rings (SSSR count). The molecule has 1 aromatic heterocycles. The topological polar surface area (TPSA) is 80.6 Å². The summed E-state index contributed by atoms with van der Waals surface area (Å²) >= 11 is 0. The van der Waals surface area contributed by atoms with Crippen molar-refractivity contribution in [3.05, 3.63) is 60.4 Å². The fourth-order valence-electron chi connectivity index (χ4n) is 2.50. The second-order valence-electron chi connectivity index (χ2n) is 5.61. The Labute approximate surface area is 150 Å². The molecule has 0 fully saturated rings. The van der Waals surface area contributed by atoms with Crippen LogP contribution in [-0.4, -0.2) is 18.9 Å². The van der Waals surface area contributed by atoms with Gasteiger partial charge >= 0.3 is 0 Å². The van der Waals surface area contributed by atoms with E-state index in [4.69, 9.17) is 9.15 Å². The van der Waals surface area contributed by atoms with E-state index in [1.807, 2.05) is 30.3 Å². The molecule has 26 heavy (non-hydrogen) atoms. The lowest BCUT2D eigenvalue weighted by Crippen LogP contribution is -2.10. The van der Waals surface area contributed by atoms with Crippen LogP contribution in [0.5, 0.6) is 5.75 Å². The minimum atomic E-state index is -0.344. The number of nitrogens with one attached hydrogen (secondary N) is 2. The lowest BCUT2D eigenvalue weighted by molar-refractivity contribution is -0.114. The number of carbonyl (C=O) groups excluding carboxylic acids is 2. The van der Waals surface area contributed by atoms with E-state index in [9.17, 15) is 9.59 Å². The van der Waals surface area contributed by atoms with Crippen molar-refractivity contribution in [1.29, 1.82) is 0 Å². The molecule has 6 nitrogen and oxygen atoms in total. The molecule has 0 bridgehead atoms. The van der Waals surface area contributed by atoms with Gasteiger partial charge in [0.2, 0.25) is 11.8 Å². The summed E-state index contributed by atoms with van der Waals surface area (Å²) < 4.78 is 10.9. The molecular formula is C20H18N2O4. The van der Waals surface area contributed by atoms with Crippen molar-refractivity contribution in [2.45, 2.75) is 6.92 Å². The summed E-state index contributed by atoms with van der Waals surface area (Å²) in [6.45, 7) is 1.42. The van der Waals surface area contributed by atoms with E-state index in [-0.39, 0.29) is 11.8 Å². The highest BCUT2D eigenvalue weighted by Crippen LogP contribution is 2.28. The van der Waals surface area contributed by atoms with Crippen molar-refractivity contribution in [1.82, 2.24) is 0 Å². The van der Waals surface area contributed by atoms with Gasteiger partial charge in [-0.15, -0.1) is 0 Å². The van der Waals surface area contributed by atoms with Gasteiger partial charge in [-0.25, -0.2) is 0 Å². The van der Waals surface area contributed by atoms with Crippen LogP contribution < -0.4 is 15.4 Å². The first-order valence-corrected chi connectivity index (χ1v) is 7.98. The largest absolute Gasteiger partial charge is 0.495 e. The van der Waals surface area contributed by atoms with Gasteiger partial charge in [0, 0.05) is 24.1 Å². The normalized spacial score (nSPS) is 10.8. The minimum absolute atomic E-state index is 0.197. The van der Waals surface area contributed by atoms with Crippen LogP contribution in [0, 0.1) is 0 Å². The molecule has 0 saturated heterocycles. The molecule has 0 saturated carbocycles. The standard InChI is InChI=1S/C20H18N2O4/c1-13(23)21-15-7-9-19(25-2)17(12-15)22-20(24)10-8-16-11-14-5-3-4-6-18(14)26-16/h3-12H,1-2H3,(H,21,23)(H,22,24)/b10-8+. The number of anilines is 2. The maximum atomic E-state index is 12.2. The third kappa shape index (κ3) is 4.10. The number of rotatable bonds is 5. The lowest BCUT2D eigenvalue weighted by Gasteiger charge is -2.11. The molecule has 1 heterocycles. The zero-order chi connectivity index (χ0) is 18.5. The molecule has 6 heteroatoms. The molecule has 0 radical (unpaired) electrons. The molecule has 2 N–H and O–H groups in total. The summed E-state index contributed by atoms with van der Waals surface area (Å²) in [6, 6.07) is 14.5. The van der Waals surface area contributed by atoms with Crippen LogP contribution in [0.25, 0.3) is 17.0 Å². The van der Waals surface area contributed by atoms with Crippen molar-refractivity contribution in [2.75, 3.05) is 17.7 Å². The minimum Gasteiger partial charge on any atom is -0.495 e. The molecule has 2 amide bonds. The SMILES string of the molecule is COc1ccc(NC(C)=O)cc1NC(=O)/C=C/c1cc2ccccc2o1. The number of carbonyl (C=O) groups is 2. The van der Waals surface area contributed by atoms with Gasteiger partial charge in [-0.2, -0.15) is 0 Å². The van der Waals surface area contributed by atoms with Crippen molar-refractivity contribution in [3.63, 3.8) is 0 Å². The van der Waals surface area contributed by atoms with Crippen LogP contribution in [-0.2, 0) is 9.59 Å². The Morgan fingerprint density at radius 1 is 1.08 bits per heavy atom. The molecule has 2 aromatic carbocycles. The third-order valence-electron chi connectivity index (χ3n) is 3.62. The Morgan fingerprint density at radius 3 is 2.62 bits per heavy atom. The molecule has 0 spiro atoms. The molecular weight excluding hydrogens is 332 g/mol. The van der Waals surface area contributed by atoms with E-state index < -0.39 is 0 Å². The highest BCUT2D eigenvalue weighted by molar-refractivity contribution is 6.03. The average Bonchev–Trinajstić information content (AvgIpc) is 3.03. The molecule has 3 aromatic rings. The lowest BCUT2D eigenvalue weighted by atomic mass is 10.2. The maximum absolute atomic E-state index is 12.2. The van der Waals surface area contributed by atoms with E-state index in [1.165, 1.54) is 20.1 Å². The smallest absolute Gasteiger partial charge is 0.248 e. The van der Waals surface area contributed by atoms with E-state index in [1.54, 1.807) is 24.3 Å². The molecule has 132 valence electrons. The van der Waals surface area contributed by atoms with Crippen LogP contribution in [0.1, 0.15) is 12.7 Å². The monoisotopic (exact) mass is 350 g/mol. The number of methoxy groups -OCH3 is 1. The number of para-hydroxylation sites is 1. The number of furan rings is 1. The zero-order valence-electron chi connectivity index (χ0n) is 14.4. The number of hydrogen-bond donors (Lipinski definition) is 2. The van der Waals surface area contributed by atoms with E-state index in [2.05, 4.69) is 10.6 Å². The highest BCUT2D eigenvalue weighted by atomic mass is 16.5. The Bertz CT molecular complexity index is 955. The van der Waals surface area contributed by atoms with E-state index in [0.717, 1.165) is 11.0 Å². The van der Waals surface area contributed by atoms with Gasteiger partial charge < -0.3 is 19.8 Å². The Hall–Kier alpha value is -3.54. The highest BCUT2D eigenvalue weighted by Gasteiger charge is 2.08. The maximum Gasteiger partial charge on any atom is 0.248 e. The van der Waals surface area contributed by atoms with Gasteiger partial charge in [0.05, 0.1) is 12.8 Å². The fraction of sp³-hybridized carbons (Fsp3) is 0.100. The first-order chi connectivity index (χ1) is 12.5. The van der Waals surface area contributed by atoms with Crippen LogP contribution >= 0.6 is 0 Å². The first-order valence-electron chi connectivity index (χ1n) is 7.98. The van der Waals surface area contributed by atoms with Gasteiger partial charge in [-0.3, -0.25) is 9.59 Å². The van der Waals surface area contributed by atoms with Crippen molar-refractivity contribution < 1.29 is 18.7 Å². The van der Waals surface area contributed by atoms with Gasteiger partial charge in [0.25, 0.3) is 0 Å². The third-order valence-corrected chi connectivity index (χ3v) is 3.62. The quantitative estimate of drug-likeness (QED) is 0.680. The number of amides is 2. The summed E-state index contributed by atoms with van der Waals surface area (Å²) in [5.74, 6) is 0.533. The molecule has 0 atom stereocenters. The predicted octanol–water partition coefficient (Wildman–Crippen LogP) is 4.05. The molecule has 0 aliphatic carbocycles. The summed E-state index contributed by atoms with van der Waals surface area (Å²) in [6.07, 6.45) is 2.97. The molecule has 0 aliphatic heterocycles. The number of ether oxygens (including phenoxy) is 1. The fourth-order valence-corrected chi connectivity index (χ4v) is 2.50. The zero-order valence-corrected chi connectivity index (χ0v) is 14.4. The molecule has 0 unspecified atom stereocenters. The van der Waals surface area contributed by atoms with Gasteiger partial charge in [-0.05, 0) is 36.4 Å². The van der Waals surface area contributed by atoms with Crippen LogP contribution in [0.4, 0.5) is 11.4 Å². The van der Waals surface area contributed by atoms with E-state index in [0.29, 0.717) is 22.9 Å². The number of benzene rings is 2. The second-order valence-corrected chi connectivity index (χ2v) is 5.61. The number of hydrogen-bond acceptors (Lipinski definition) is 4. The second kappa shape index (κ2) is 7.57. The van der Waals surface area contributed by atoms with Crippen molar-refractivity contribution >= 4 is 40.2 Å². The van der Waals surface area contributed by atoms with Crippen molar-refractivity contribution in [3.8, 4) is 5.75 Å². The summed E-state index contributed by atoms with van der Waals surface area (Å²) in [5.41, 5.74) is 1.78. The van der Waals surface area contributed by atoms with E-state index >= 15 is 0 Å². The summed E-state index contributed by atoms with van der Waals surface area (Å²) in [4.78, 5) is 23.4. The van der Waals surface area contributed by atoms with Gasteiger partial charge in [0.1, 0.15) is 17.1 Å². The van der Waals surface area contributed by atoms with Crippen LogP contribution in [0.15, 0.2) is 59.0 Å². The van der Waals surface area contributed by atoms with Gasteiger partial charge in [-0.1, -0.05) is 18.2 Å². The predicted molar refractivity (Wildman–Crippen MR) is 101 cm³/mol. The Kier molecular flexibility index (Phi) is 5.03. The summed E-state index contributed by atoms with van der Waals surface area (Å²) in [5, 5.41) is 6.37. The molecule has 0 aliphatic rings. The Morgan fingerprint density at radius 2 is 1.88 bits per heavy atom. The summed E-state index contributed by atoms with van der Waals surface area (Å²) in [7, 11) is 1.51. The van der Waals surface area contributed by atoms with Crippen LogP contribution in [0.2, 0.25) is 0 Å². The van der Waals surface area contributed by atoms with Crippen LogP contribution in [0.3, 0.4) is 0 Å². The van der Waals surface area contributed by atoms with Crippen molar-refractivity contribution in [2.24, 2.45) is 0 Å². The van der Waals surface area contributed by atoms with Gasteiger partial charge in [0.15, 0.2) is 0 Å². The Balaban J connectivity index is 1.75. The average molecular weight is 350 g/mol. The number of fused-ring (bicyclic) bond motifs is 1.